The third-order valence-electron chi connectivity index (χ3n) is 3.10. The van der Waals surface area contributed by atoms with Crippen LogP contribution in [0.3, 0.4) is 0 Å². The fraction of sp³-hybridized carbons (Fsp3) is 0.615. The molecule has 0 N–H and O–H groups in total. The topological polar surface area (TPSA) is 27.0 Å². The molecule has 1 unspecified atom stereocenters. The van der Waals surface area contributed by atoms with Gasteiger partial charge in [-0.3, -0.25) is 0 Å². The Morgan fingerprint density at radius 2 is 2.19 bits per heavy atom. The number of hydrogen-bond donors (Lipinski definition) is 0. The minimum atomic E-state index is -0.321. The largest absolute Gasteiger partial charge is 0.309 e. The summed E-state index contributed by atoms with van der Waals surface area (Å²) in [6.07, 6.45) is 0.898. The van der Waals surface area contributed by atoms with Gasteiger partial charge in [0.25, 0.3) is 0 Å². The van der Waals surface area contributed by atoms with E-state index in [1.54, 1.807) is 11.3 Å². The summed E-state index contributed by atoms with van der Waals surface area (Å²) in [7, 11) is 4.10. The smallest absolute Gasteiger partial charge is 0.0949 e. The quantitative estimate of drug-likeness (QED) is 0.785. The van der Waals surface area contributed by atoms with Crippen LogP contribution < -0.4 is 0 Å². The van der Waals surface area contributed by atoms with Crippen molar-refractivity contribution in [1.82, 2.24) is 4.90 Å². The average Bonchev–Trinajstić information content (AvgIpc) is 2.72. The Bertz CT molecular complexity index is 349. The Hall–Kier alpha value is -0.850. The molecule has 0 fully saturated rings. The van der Waals surface area contributed by atoms with E-state index in [2.05, 4.69) is 50.4 Å². The molecular formula is C13H20N2S. The molecule has 0 aliphatic rings. The first-order valence-electron chi connectivity index (χ1n) is 5.63. The van der Waals surface area contributed by atoms with Gasteiger partial charge in [0, 0.05) is 4.88 Å². The summed E-state index contributed by atoms with van der Waals surface area (Å²) < 4.78 is 0. The van der Waals surface area contributed by atoms with Crippen molar-refractivity contribution in [1.29, 1.82) is 5.26 Å². The highest BCUT2D eigenvalue weighted by atomic mass is 32.1. The minimum Gasteiger partial charge on any atom is -0.309 e. The van der Waals surface area contributed by atoms with Crippen molar-refractivity contribution in [2.24, 2.45) is 5.92 Å². The molecule has 0 amide bonds. The number of hydrogen-bond acceptors (Lipinski definition) is 3. The van der Waals surface area contributed by atoms with Gasteiger partial charge in [-0.2, -0.15) is 5.26 Å². The lowest BCUT2D eigenvalue weighted by Crippen LogP contribution is -2.33. The Morgan fingerprint density at radius 3 is 2.56 bits per heavy atom. The molecule has 0 saturated carbocycles. The Labute approximate surface area is 103 Å². The molecule has 0 spiro atoms. The molecule has 0 bridgehead atoms. The zero-order valence-electron chi connectivity index (χ0n) is 10.5. The van der Waals surface area contributed by atoms with Gasteiger partial charge in [0.2, 0.25) is 0 Å². The van der Waals surface area contributed by atoms with E-state index in [1.807, 2.05) is 6.07 Å². The van der Waals surface area contributed by atoms with Crippen LogP contribution in [0.5, 0.6) is 0 Å². The summed E-state index contributed by atoms with van der Waals surface area (Å²) in [5.41, 5.74) is -0.321. The van der Waals surface area contributed by atoms with Crippen molar-refractivity contribution in [3.63, 3.8) is 0 Å². The van der Waals surface area contributed by atoms with E-state index in [-0.39, 0.29) is 5.41 Å². The van der Waals surface area contributed by atoms with Crippen molar-refractivity contribution in [3.8, 4) is 6.07 Å². The second kappa shape index (κ2) is 5.47. The van der Waals surface area contributed by atoms with Crippen molar-refractivity contribution >= 4 is 11.3 Å². The fourth-order valence-corrected chi connectivity index (χ4v) is 2.92. The molecule has 1 heterocycles. The van der Waals surface area contributed by atoms with Crippen molar-refractivity contribution in [3.05, 3.63) is 22.4 Å². The van der Waals surface area contributed by atoms with Crippen molar-refractivity contribution in [2.45, 2.75) is 25.7 Å². The summed E-state index contributed by atoms with van der Waals surface area (Å²) in [5, 5.41) is 11.6. The summed E-state index contributed by atoms with van der Waals surface area (Å²) in [5.74, 6) is 0.344. The molecule has 3 heteroatoms. The van der Waals surface area contributed by atoms with Gasteiger partial charge in [0.05, 0.1) is 11.5 Å². The molecule has 1 aromatic heterocycles. The van der Waals surface area contributed by atoms with E-state index in [1.165, 1.54) is 4.88 Å². The van der Waals surface area contributed by atoms with Gasteiger partial charge in [0.1, 0.15) is 0 Å². The van der Waals surface area contributed by atoms with Crippen LogP contribution in [0.1, 0.15) is 25.1 Å². The zero-order valence-corrected chi connectivity index (χ0v) is 11.3. The van der Waals surface area contributed by atoms with Gasteiger partial charge < -0.3 is 4.90 Å². The van der Waals surface area contributed by atoms with Gasteiger partial charge in [-0.05, 0) is 44.4 Å². The van der Waals surface area contributed by atoms with E-state index in [0.29, 0.717) is 5.92 Å². The summed E-state index contributed by atoms with van der Waals surface area (Å²) in [6, 6.07) is 6.68. The number of nitrogens with zero attached hydrogens (tertiary/aromatic N) is 2. The van der Waals surface area contributed by atoms with E-state index >= 15 is 0 Å². The standard InChI is InChI=1S/C13H20N2S/c1-11(2)13(10-14,7-8-15(3)4)12-6-5-9-16-12/h5-6,9,11H,7-8H2,1-4H3. The maximum Gasteiger partial charge on any atom is 0.0949 e. The lowest BCUT2D eigenvalue weighted by atomic mass is 9.74. The third-order valence-corrected chi connectivity index (χ3v) is 4.15. The molecular weight excluding hydrogens is 216 g/mol. The maximum absolute atomic E-state index is 9.57. The normalized spacial score (nSPS) is 15.1. The highest BCUT2D eigenvalue weighted by Crippen LogP contribution is 2.37. The van der Waals surface area contributed by atoms with Gasteiger partial charge in [-0.25, -0.2) is 0 Å². The molecule has 16 heavy (non-hydrogen) atoms. The summed E-state index contributed by atoms with van der Waals surface area (Å²) in [6.45, 7) is 5.22. The number of nitriles is 1. The number of rotatable bonds is 5. The van der Waals surface area contributed by atoms with Gasteiger partial charge in [0.15, 0.2) is 0 Å². The van der Waals surface area contributed by atoms with Crippen LogP contribution in [-0.4, -0.2) is 25.5 Å². The Morgan fingerprint density at radius 1 is 1.50 bits per heavy atom. The van der Waals surface area contributed by atoms with Gasteiger partial charge in [-0.1, -0.05) is 19.9 Å². The summed E-state index contributed by atoms with van der Waals surface area (Å²) in [4.78, 5) is 3.34. The maximum atomic E-state index is 9.57. The van der Waals surface area contributed by atoms with Crippen molar-refractivity contribution in [2.75, 3.05) is 20.6 Å². The van der Waals surface area contributed by atoms with E-state index in [4.69, 9.17) is 0 Å². The molecule has 2 nitrogen and oxygen atoms in total. The van der Waals surface area contributed by atoms with Crippen molar-refractivity contribution < 1.29 is 0 Å². The third kappa shape index (κ3) is 2.63. The first kappa shape index (κ1) is 13.2. The van der Waals surface area contributed by atoms with E-state index in [9.17, 15) is 5.26 Å². The first-order valence-corrected chi connectivity index (χ1v) is 6.51. The van der Waals surface area contributed by atoms with Crippen LogP contribution in [0.4, 0.5) is 0 Å². The highest BCUT2D eigenvalue weighted by molar-refractivity contribution is 7.10. The lowest BCUT2D eigenvalue weighted by molar-refractivity contribution is 0.306. The molecule has 0 radical (unpaired) electrons. The Balaban J connectivity index is 2.98. The van der Waals surface area contributed by atoms with Crippen LogP contribution in [0.2, 0.25) is 0 Å². The molecule has 1 aromatic rings. The zero-order chi connectivity index (χ0) is 12.2. The van der Waals surface area contributed by atoms with Gasteiger partial charge in [-0.15, -0.1) is 11.3 Å². The number of thiophene rings is 1. The molecule has 0 aromatic carbocycles. The molecule has 88 valence electrons. The lowest BCUT2D eigenvalue weighted by Gasteiger charge is -2.30. The van der Waals surface area contributed by atoms with Crippen LogP contribution in [-0.2, 0) is 5.41 Å². The van der Waals surface area contributed by atoms with E-state index < -0.39 is 0 Å². The molecule has 1 rings (SSSR count). The Kier molecular flexibility index (Phi) is 4.52. The molecule has 0 aliphatic heterocycles. The van der Waals surface area contributed by atoms with Gasteiger partial charge >= 0.3 is 0 Å². The van der Waals surface area contributed by atoms with Crippen LogP contribution in [0.15, 0.2) is 17.5 Å². The highest BCUT2D eigenvalue weighted by Gasteiger charge is 2.36. The second-order valence-corrected chi connectivity index (χ2v) is 5.72. The SMILES string of the molecule is CC(C)C(C#N)(CCN(C)C)c1cccs1. The van der Waals surface area contributed by atoms with Crippen LogP contribution >= 0.6 is 11.3 Å². The predicted molar refractivity (Wildman–Crippen MR) is 69.6 cm³/mol. The molecule has 1 atom stereocenters. The minimum absolute atomic E-state index is 0.321. The second-order valence-electron chi connectivity index (χ2n) is 4.77. The molecule has 0 saturated heterocycles. The first-order chi connectivity index (χ1) is 7.53. The molecule has 0 aliphatic carbocycles. The summed E-state index contributed by atoms with van der Waals surface area (Å²) >= 11 is 1.69. The fourth-order valence-electron chi connectivity index (χ4n) is 1.87. The van der Waals surface area contributed by atoms with E-state index in [0.717, 1.165) is 13.0 Å². The van der Waals surface area contributed by atoms with Crippen LogP contribution in [0, 0.1) is 17.2 Å². The predicted octanol–water partition coefficient (Wildman–Crippen LogP) is 3.12. The van der Waals surface area contributed by atoms with Crippen LogP contribution in [0.25, 0.3) is 0 Å². The monoisotopic (exact) mass is 236 g/mol. The average molecular weight is 236 g/mol.